The predicted molar refractivity (Wildman–Crippen MR) is 81.3 cm³/mol. The van der Waals surface area contributed by atoms with Crippen molar-refractivity contribution in [3.63, 3.8) is 0 Å². The van der Waals surface area contributed by atoms with Crippen molar-refractivity contribution < 1.29 is 12.8 Å². The summed E-state index contributed by atoms with van der Waals surface area (Å²) in [6.45, 7) is 3.94. The second-order valence-corrected chi connectivity index (χ2v) is 7.22. The van der Waals surface area contributed by atoms with Crippen LogP contribution in [-0.4, -0.2) is 14.2 Å². The van der Waals surface area contributed by atoms with E-state index in [-0.39, 0.29) is 10.6 Å². The van der Waals surface area contributed by atoms with Gasteiger partial charge in [-0.1, -0.05) is 18.2 Å². The highest BCUT2D eigenvalue weighted by Crippen LogP contribution is 2.20. The maximum Gasteiger partial charge on any atom is 0.180 e. The number of aryl methyl sites for hydroxylation is 2. The summed E-state index contributed by atoms with van der Waals surface area (Å²) in [5.74, 6) is -0.673. The fraction of sp³-hybridized carbons (Fsp3) is 0.250. The number of sulfone groups is 1. The average Bonchev–Trinajstić information content (AvgIpc) is 2.41. The Morgan fingerprint density at radius 1 is 1.05 bits per heavy atom. The van der Waals surface area contributed by atoms with Crippen molar-refractivity contribution in [3.8, 4) is 0 Å². The van der Waals surface area contributed by atoms with Crippen molar-refractivity contribution in [2.45, 2.75) is 24.8 Å². The molecule has 1 unspecified atom stereocenters. The van der Waals surface area contributed by atoms with Gasteiger partial charge in [0, 0.05) is 6.04 Å². The molecule has 1 atom stereocenters. The van der Waals surface area contributed by atoms with Crippen molar-refractivity contribution in [3.05, 3.63) is 65.0 Å². The first-order chi connectivity index (χ1) is 9.79. The molecule has 0 aliphatic heterocycles. The van der Waals surface area contributed by atoms with Gasteiger partial charge in [-0.15, -0.1) is 0 Å². The minimum atomic E-state index is -3.54. The summed E-state index contributed by atoms with van der Waals surface area (Å²) in [5.41, 5.74) is 9.00. The molecule has 2 rings (SSSR count). The monoisotopic (exact) mass is 307 g/mol. The predicted octanol–water partition coefficient (Wildman–Crippen LogP) is 2.92. The van der Waals surface area contributed by atoms with E-state index in [1.54, 1.807) is 0 Å². The number of rotatable bonds is 4. The summed E-state index contributed by atoms with van der Waals surface area (Å²) in [5, 5.41) is 0. The zero-order valence-corrected chi connectivity index (χ0v) is 12.8. The quantitative estimate of drug-likeness (QED) is 0.884. The Balaban J connectivity index is 2.23. The van der Waals surface area contributed by atoms with E-state index in [0.717, 1.165) is 28.8 Å². The second kappa shape index (κ2) is 5.95. The Kier molecular flexibility index (Phi) is 4.44. The molecule has 0 bridgehead atoms. The van der Waals surface area contributed by atoms with E-state index in [0.29, 0.717) is 0 Å². The van der Waals surface area contributed by atoms with Crippen molar-refractivity contribution in [1.29, 1.82) is 0 Å². The van der Waals surface area contributed by atoms with Crippen LogP contribution in [0.25, 0.3) is 0 Å². The van der Waals surface area contributed by atoms with E-state index in [1.807, 2.05) is 32.0 Å². The number of halogens is 1. The third-order valence-electron chi connectivity index (χ3n) is 3.53. The van der Waals surface area contributed by atoms with Gasteiger partial charge in [-0.2, -0.15) is 0 Å². The van der Waals surface area contributed by atoms with Gasteiger partial charge in [-0.05, 0) is 54.8 Å². The molecule has 2 N–H and O–H groups in total. The average molecular weight is 307 g/mol. The lowest BCUT2D eigenvalue weighted by Crippen LogP contribution is -2.22. The summed E-state index contributed by atoms with van der Waals surface area (Å²) in [4.78, 5) is 0.0863. The van der Waals surface area contributed by atoms with Crippen molar-refractivity contribution >= 4 is 9.84 Å². The summed E-state index contributed by atoms with van der Waals surface area (Å²) >= 11 is 0. The maximum absolute atomic E-state index is 12.9. The molecule has 0 amide bonds. The summed E-state index contributed by atoms with van der Waals surface area (Å²) in [7, 11) is -3.54. The first-order valence-corrected chi connectivity index (χ1v) is 8.26. The minimum absolute atomic E-state index is 0.0863. The number of benzene rings is 2. The minimum Gasteiger partial charge on any atom is -0.323 e. The normalized spacial score (nSPS) is 13.1. The van der Waals surface area contributed by atoms with Gasteiger partial charge >= 0.3 is 0 Å². The standard InChI is InChI=1S/C16H18FNO2S/c1-11-3-4-13(9-12(11)2)16(18)10-21(19,20)15-7-5-14(17)6-8-15/h3-9,16H,10,18H2,1-2H3. The number of hydrogen-bond acceptors (Lipinski definition) is 3. The molecule has 0 aromatic heterocycles. The SMILES string of the molecule is Cc1ccc(C(N)CS(=O)(=O)c2ccc(F)cc2)cc1C. The van der Waals surface area contributed by atoms with Crippen LogP contribution >= 0.6 is 0 Å². The van der Waals surface area contributed by atoms with Gasteiger partial charge < -0.3 is 5.73 Å². The van der Waals surface area contributed by atoms with E-state index >= 15 is 0 Å². The number of hydrogen-bond donors (Lipinski definition) is 1. The zero-order valence-electron chi connectivity index (χ0n) is 12.0. The molecule has 21 heavy (non-hydrogen) atoms. The molecule has 0 aliphatic rings. The molecule has 0 spiro atoms. The molecule has 3 nitrogen and oxygen atoms in total. The Morgan fingerprint density at radius 2 is 1.67 bits per heavy atom. The van der Waals surface area contributed by atoms with Gasteiger partial charge in [0.1, 0.15) is 5.82 Å². The van der Waals surface area contributed by atoms with Crippen LogP contribution in [0.4, 0.5) is 4.39 Å². The molecule has 0 fully saturated rings. The Morgan fingerprint density at radius 3 is 2.24 bits per heavy atom. The summed E-state index contributed by atoms with van der Waals surface area (Å²) < 4.78 is 37.4. The molecule has 0 radical (unpaired) electrons. The van der Waals surface area contributed by atoms with Crippen LogP contribution in [-0.2, 0) is 9.84 Å². The van der Waals surface area contributed by atoms with Gasteiger partial charge in [0.25, 0.3) is 0 Å². The van der Waals surface area contributed by atoms with Crippen molar-refractivity contribution in [2.24, 2.45) is 5.73 Å². The van der Waals surface area contributed by atoms with Crippen LogP contribution in [0.2, 0.25) is 0 Å². The second-order valence-electron chi connectivity index (χ2n) is 5.19. The topological polar surface area (TPSA) is 60.2 Å². The molecular formula is C16H18FNO2S. The van der Waals surface area contributed by atoms with E-state index in [4.69, 9.17) is 5.73 Å². The molecular weight excluding hydrogens is 289 g/mol. The van der Waals surface area contributed by atoms with E-state index in [9.17, 15) is 12.8 Å². The molecule has 0 aliphatic carbocycles. The van der Waals surface area contributed by atoms with Gasteiger partial charge in [0.15, 0.2) is 9.84 Å². The third-order valence-corrected chi connectivity index (χ3v) is 5.32. The first kappa shape index (κ1) is 15.7. The zero-order chi connectivity index (χ0) is 15.6. The van der Waals surface area contributed by atoms with Gasteiger partial charge in [-0.25, -0.2) is 12.8 Å². The Labute approximate surface area is 124 Å². The van der Waals surface area contributed by atoms with Crippen LogP contribution in [0, 0.1) is 19.7 Å². The van der Waals surface area contributed by atoms with Crippen molar-refractivity contribution in [1.82, 2.24) is 0 Å². The van der Waals surface area contributed by atoms with Gasteiger partial charge in [-0.3, -0.25) is 0 Å². The summed E-state index contributed by atoms with van der Waals surface area (Å²) in [6, 6.07) is 9.85. The lowest BCUT2D eigenvalue weighted by Gasteiger charge is -2.14. The van der Waals surface area contributed by atoms with Crippen LogP contribution in [0.15, 0.2) is 47.4 Å². The number of nitrogens with two attached hydrogens (primary N) is 1. The van der Waals surface area contributed by atoms with Crippen LogP contribution in [0.1, 0.15) is 22.7 Å². The molecule has 0 saturated heterocycles. The molecule has 2 aromatic carbocycles. The highest BCUT2D eigenvalue weighted by atomic mass is 32.2. The molecule has 5 heteroatoms. The fourth-order valence-corrected chi connectivity index (χ4v) is 3.47. The van der Waals surface area contributed by atoms with Gasteiger partial charge in [0.05, 0.1) is 10.6 Å². The molecule has 0 saturated carbocycles. The summed E-state index contributed by atoms with van der Waals surface area (Å²) in [6.07, 6.45) is 0. The molecule has 0 heterocycles. The van der Waals surface area contributed by atoms with E-state index < -0.39 is 21.7 Å². The van der Waals surface area contributed by atoms with Gasteiger partial charge in [0.2, 0.25) is 0 Å². The molecule has 2 aromatic rings. The third kappa shape index (κ3) is 3.68. The van der Waals surface area contributed by atoms with Crippen LogP contribution in [0.3, 0.4) is 0 Å². The largest absolute Gasteiger partial charge is 0.323 e. The van der Waals surface area contributed by atoms with Crippen LogP contribution < -0.4 is 5.73 Å². The Hall–Kier alpha value is -1.72. The van der Waals surface area contributed by atoms with Crippen LogP contribution in [0.5, 0.6) is 0 Å². The lowest BCUT2D eigenvalue weighted by atomic mass is 10.0. The Bertz CT molecular complexity index is 739. The molecule has 112 valence electrons. The fourth-order valence-electron chi connectivity index (χ4n) is 2.07. The lowest BCUT2D eigenvalue weighted by molar-refractivity contribution is 0.587. The maximum atomic E-state index is 12.9. The first-order valence-electron chi connectivity index (χ1n) is 6.60. The van der Waals surface area contributed by atoms with E-state index in [1.165, 1.54) is 12.1 Å². The van der Waals surface area contributed by atoms with E-state index in [2.05, 4.69) is 0 Å². The van der Waals surface area contributed by atoms with Crippen molar-refractivity contribution in [2.75, 3.05) is 5.75 Å². The smallest absolute Gasteiger partial charge is 0.180 e. The highest BCUT2D eigenvalue weighted by molar-refractivity contribution is 7.91. The highest BCUT2D eigenvalue weighted by Gasteiger charge is 2.20.